The molecular weight excluding hydrogens is 304 g/mol. The van der Waals surface area contributed by atoms with Crippen molar-refractivity contribution in [1.29, 1.82) is 0 Å². The van der Waals surface area contributed by atoms with Crippen LogP contribution in [0.5, 0.6) is 11.5 Å². The lowest BCUT2D eigenvalue weighted by molar-refractivity contribution is 0.0884. The average Bonchev–Trinajstić information content (AvgIpc) is 3.33. The average molecular weight is 324 g/mol. The lowest BCUT2D eigenvalue weighted by Crippen LogP contribution is -2.20. The highest BCUT2D eigenvalue weighted by molar-refractivity contribution is 6.07. The zero-order chi connectivity index (χ0) is 17.3. The van der Waals surface area contributed by atoms with E-state index in [1.165, 1.54) is 12.7 Å². The topological polar surface area (TPSA) is 59.1 Å². The fourth-order valence-electron chi connectivity index (χ4n) is 2.45. The number of phenolic OH excluding ortho intramolecular Hbond substituents is 1. The summed E-state index contributed by atoms with van der Waals surface area (Å²) in [5.41, 5.74) is 2.42. The van der Waals surface area contributed by atoms with Crippen LogP contribution in [0.25, 0.3) is 12.2 Å². The van der Waals surface area contributed by atoms with Crippen LogP contribution < -0.4 is 4.74 Å². The second kappa shape index (κ2) is 6.13. The number of ketones is 1. The number of Topliss-reactive ketones (excluding diaryl/α,β-unsaturated/α-hetero) is 1. The first-order valence-corrected chi connectivity index (χ1v) is 7.77. The van der Waals surface area contributed by atoms with Gasteiger partial charge in [0, 0.05) is 0 Å². The summed E-state index contributed by atoms with van der Waals surface area (Å²) in [6.45, 7) is 4.13. The molecule has 0 amide bonds. The van der Waals surface area contributed by atoms with Crippen molar-refractivity contribution in [1.82, 2.24) is 0 Å². The van der Waals surface area contributed by atoms with Crippen LogP contribution >= 0.6 is 0 Å². The number of hydrogen-bond donors (Lipinski definition) is 1. The molecular formula is C20H20O4. The second-order valence-corrected chi connectivity index (χ2v) is 6.21. The molecule has 124 valence electrons. The van der Waals surface area contributed by atoms with Gasteiger partial charge in [0.05, 0.1) is 19.3 Å². The molecule has 0 spiro atoms. The van der Waals surface area contributed by atoms with Crippen molar-refractivity contribution in [2.75, 3.05) is 13.7 Å². The Morgan fingerprint density at radius 1 is 1.21 bits per heavy atom. The highest BCUT2D eigenvalue weighted by Crippen LogP contribution is 2.38. The Labute approximate surface area is 141 Å². The number of hydrogen-bond acceptors (Lipinski definition) is 4. The van der Waals surface area contributed by atoms with Gasteiger partial charge in [0.15, 0.2) is 17.1 Å². The number of carbonyl (C=O) groups excluding carboxylic acids is 1. The molecule has 1 saturated heterocycles. The van der Waals surface area contributed by atoms with E-state index < -0.39 is 5.60 Å². The minimum atomic E-state index is -0.832. The van der Waals surface area contributed by atoms with Crippen LogP contribution in [0.4, 0.5) is 0 Å². The van der Waals surface area contributed by atoms with Gasteiger partial charge in [0.1, 0.15) is 0 Å². The Hall–Kier alpha value is -2.59. The van der Waals surface area contributed by atoms with Crippen molar-refractivity contribution < 1.29 is 19.4 Å². The first-order chi connectivity index (χ1) is 11.4. The van der Waals surface area contributed by atoms with Crippen molar-refractivity contribution in [2.24, 2.45) is 0 Å². The fourth-order valence-corrected chi connectivity index (χ4v) is 2.45. The number of rotatable bonds is 5. The summed E-state index contributed by atoms with van der Waals surface area (Å²) in [6.07, 6.45) is 3.84. The largest absolute Gasteiger partial charge is 0.504 e. The normalized spacial score (nSPS) is 19.5. The van der Waals surface area contributed by atoms with Crippen LogP contribution in [0, 0.1) is 6.92 Å². The van der Waals surface area contributed by atoms with Crippen molar-refractivity contribution in [3.8, 4) is 11.5 Å². The number of methoxy groups -OCH3 is 1. The van der Waals surface area contributed by atoms with Crippen LogP contribution in [-0.4, -0.2) is 30.2 Å². The van der Waals surface area contributed by atoms with E-state index in [2.05, 4.69) is 0 Å². The van der Waals surface area contributed by atoms with E-state index in [9.17, 15) is 9.90 Å². The van der Waals surface area contributed by atoms with Gasteiger partial charge in [-0.05, 0) is 37.1 Å². The Kier molecular flexibility index (Phi) is 4.16. The summed E-state index contributed by atoms with van der Waals surface area (Å²) in [4.78, 5) is 12.5. The van der Waals surface area contributed by atoms with Gasteiger partial charge in [-0.3, -0.25) is 4.79 Å². The molecule has 1 heterocycles. The highest BCUT2D eigenvalue weighted by Gasteiger charge is 2.48. The van der Waals surface area contributed by atoms with E-state index in [4.69, 9.17) is 9.47 Å². The third-order valence-electron chi connectivity index (χ3n) is 4.17. The smallest absolute Gasteiger partial charge is 0.200 e. The number of epoxide rings is 1. The van der Waals surface area contributed by atoms with Crippen LogP contribution in [0.15, 0.2) is 36.4 Å². The van der Waals surface area contributed by atoms with Crippen LogP contribution in [-0.2, 0) is 4.74 Å². The van der Waals surface area contributed by atoms with E-state index in [-0.39, 0.29) is 22.8 Å². The summed E-state index contributed by atoms with van der Waals surface area (Å²) in [5, 5.41) is 10.3. The van der Waals surface area contributed by atoms with Crippen LogP contribution in [0.3, 0.4) is 0 Å². The van der Waals surface area contributed by atoms with Crippen LogP contribution in [0.2, 0.25) is 0 Å². The Bertz CT molecular complexity index is 799. The molecule has 0 radical (unpaired) electrons. The van der Waals surface area contributed by atoms with Crippen LogP contribution in [0.1, 0.15) is 34.0 Å². The molecule has 4 nitrogen and oxygen atoms in total. The molecule has 24 heavy (non-hydrogen) atoms. The molecule has 4 heteroatoms. The maximum Gasteiger partial charge on any atom is 0.200 e. The fraction of sp³-hybridized carbons (Fsp3) is 0.250. The van der Waals surface area contributed by atoms with E-state index in [1.807, 2.05) is 43.3 Å². The molecule has 1 aliphatic rings. The van der Waals surface area contributed by atoms with Crippen molar-refractivity contribution in [3.63, 3.8) is 0 Å². The molecule has 0 saturated carbocycles. The molecule has 2 aromatic rings. The lowest BCUT2D eigenvalue weighted by Gasteiger charge is -2.11. The van der Waals surface area contributed by atoms with E-state index in [0.29, 0.717) is 6.61 Å². The number of aryl methyl sites for hydroxylation is 1. The van der Waals surface area contributed by atoms with Gasteiger partial charge in [0.25, 0.3) is 0 Å². The number of phenols is 1. The van der Waals surface area contributed by atoms with E-state index in [0.717, 1.165) is 11.1 Å². The maximum atomic E-state index is 12.5. The molecule has 1 N–H and O–H groups in total. The van der Waals surface area contributed by atoms with Gasteiger partial charge >= 0.3 is 0 Å². The maximum absolute atomic E-state index is 12.5. The number of aromatic hydroxyl groups is 1. The quantitative estimate of drug-likeness (QED) is 0.515. The standard InChI is InChI=1S/C20H20O4/c1-13-4-6-14(7-5-13)8-9-15-10-16(18(21)17(11-15)23-3)19(22)20(2)12-24-20/h4-11,21H,12H2,1-3H3/b9-8+. The van der Waals surface area contributed by atoms with Gasteiger partial charge in [-0.1, -0.05) is 42.0 Å². The Morgan fingerprint density at radius 2 is 1.83 bits per heavy atom. The van der Waals surface area contributed by atoms with E-state index >= 15 is 0 Å². The summed E-state index contributed by atoms with van der Waals surface area (Å²) in [7, 11) is 1.46. The zero-order valence-electron chi connectivity index (χ0n) is 14.0. The minimum absolute atomic E-state index is 0.147. The minimum Gasteiger partial charge on any atom is -0.504 e. The first-order valence-electron chi connectivity index (χ1n) is 7.77. The summed E-state index contributed by atoms with van der Waals surface area (Å²) < 4.78 is 10.4. The second-order valence-electron chi connectivity index (χ2n) is 6.21. The van der Waals surface area contributed by atoms with Gasteiger partial charge in [0.2, 0.25) is 5.78 Å². The first kappa shape index (κ1) is 16.3. The van der Waals surface area contributed by atoms with Gasteiger partial charge in [-0.2, -0.15) is 0 Å². The lowest BCUT2D eigenvalue weighted by atomic mass is 9.96. The molecule has 1 fully saturated rings. The highest BCUT2D eigenvalue weighted by atomic mass is 16.6. The van der Waals surface area contributed by atoms with Crippen molar-refractivity contribution in [2.45, 2.75) is 19.4 Å². The number of benzene rings is 2. The van der Waals surface area contributed by atoms with Gasteiger partial charge < -0.3 is 14.6 Å². The molecule has 1 unspecified atom stereocenters. The predicted molar refractivity (Wildman–Crippen MR) is 93.5 cm³/mol. The van der Waals surface area contributed by atoms with Gasteiger partial charge in [-0.15, -0.1) is 0 Å². The zero-order valence-corrected chi connectivity index (χ0v) is 14.0. The third-order valence-corrected chi connectivity index (χ3v) is 4.17. The summed E-state index contributed by atoms with van der Waals surface area (Å²) in [5.74, 6) is -0.107. The third kappa shape index (κ3) is 3.19. The monoisotopic (exact) mass is 324 g/mol. The molecule has 0 bridgehead atoms. The molecule has 2 aromatic carbocycles. The molecule has 0 aromatic heterocycles. The van der Waals surface area contributed by atoms with Crippen molar-refractivity contribution >= 4 is 17.9 Å². The molecule has 0 aliphatic carbocycles. The molecule has 1 aliphatic heterocycles. The molecule has 3 rings (SSSR count). The van der Waals surface area contributed by atoms with E-state index in [1.54, 1.807) is 19.1 Å². The Balaban J connectivity index is 1.96. The predicted octanol–water partition coefficient (Wildman–Crippen LogP) is 3.85. The van der Waals surface area contributed by atoms with Crippen molar-refractivity contribution in [3.05, 3.63) is 58.7 Å². The molecule has 1 atom stereocenters. The summed E-state index contributed by atoms with van der Waals surface area (Å²) >= 11 is 0. The number of ether oxygens (including phenoxy) is 2. The van der Waals surface area contributed by atoms with Gasteiger partial charge in [-0.25, -0.2) is 0 Å². The number of carbonyl (C=O) groups is 1. The summed E-state index contributed by atoms with van der Waals surface area (Å²) in [6, 6.07) is 11.5. The SMILES string of the molecule is COc1cc(/C=C/c2ccc(C)cc2)cc(C(=O)C2(C)CO2)c1O. The Morgan fingerprint density at radius 3 is 2.42 bits per heavy atom.